The quantitative estimate of drug-likeness (QED) is 0.345. The molecule has 0 aliphatic carbocycles. The molecule has 1 heterocycles. The van der Waals surface area contributed by atoms with Crippen LogP contribution in [-0.2, 0) is 9.47 Å². The van der Waals surface area contributed by atoms with Crippen molar-refractivity contribution in [2.75, 3.05) is 46.1 Å². The molecule has 0 spiro atoms. The molecular weight excluding hydrogens is 354 g/mol. The van der Waals surface area contributed by atoms with E-state index in [9.17, 15) is 0 Å². The van der Waals surface area contributed by atoms with Gasteiger partial charge in [0.15, 0.2) is 5.96 Å². The van der Waals surface area contributed by atoms with Crippen LogP contribution in [0.2, 0.25) is 0 Å². The van der Waals surface area contributed by atoms with Crippen LogP contribution in [0.3, 0.4) is 0 Å². The highest BCUT2D eigenvalue weighted by Crippen LogP contribution is 2.15. The van der Waals surface area contributed by atoms with E-state index in [4.69, 9.17) is 14.2 Å². The Morgan fingerprint density at radius 2 is 1.96 bits per heavy atom. The Morgan fingerprint density at radius 1 is 1.21 bits per heavy atom. The zero-order chi connectivity index (χ0) is 20.0. The summed E-state index contributed by atoms with van der Waals surface area (Å²) in [4.78, 5) is 4.63. The van der Waals surface area contributed by atoms with E-state index in [1.165, 1.54) is 5.56 Å². The van der Waals surface area contributed by atoms with Gasteiger partial charge in [-0.05, 0) is 58.1 Å². The molecule has 0 amide bonds. The minimum Gasteiger partial charge on any atom is -0.489 e. The molecule has 0 radical (unpaired) electrons. The fourth-order valence-electron chi connectivity index (χ4n) is 2.99. The van der Waals surface area contributed by atoms with Crippen molar-refractivity contribution in [3.8, 4) is 5.75 Å². The number of aliphatic imine (C=N–C) groups is 1. The highest BCUT2D eigenvalue weighted by atomic mass is 16.5. The second-order valence-electron chi connectivity index (χ2n) is 7.37. The Bertz CT molecular complexity index is 557. The molecule has 1 saturated heterocycles. The Hall–Kier alpha value is -1.79. The molecule has 0 saturated carbocycles. The number of ether oxygens (including phenoxy) is 3. The smallest absolute Gasteiger partial charge is 0.191 e. The zero-order valence-corrected chi connectivity index (χ0v) is 17.7. The van der Waals surface area contributed by atoms with Gasteiger partial charge in [-0.15, -0.1) is 0 Å². The van der Waals surface area contributed by atoms with Gasteiger partial charge in [0.2, 0.25) is 0 Å². The van der Waals surface area contributed by atoms with E-state index < -0.39 is 0 Å². The number of aryl methyl sites for hydroxylation is 1. The topological polar surface area (TPSA) is 64.1 Å². The summed E-state index contributed by atoms with van der Waals surface area (Å²) >= 11 is 0. The normalized spacial score (nSPS) is 16.6. The monoisotopic (exact) mass is 391 g/mol. The standard InChI is InChI=1S/C22H37N3O3/c1-4-23-22(24-12-5-13-27-17-20-10-14-26-15-11-20)25-16-19(3)28-21-8-6-18(2)7-9-21/h6-9,19-20H,4-5,10-17H2,1-3H3,(H2,23,24,25). The first-order valence-corrected chi connectivity index (χ1v) is 10.6. The van der Waals surface area contributed by atoms with E-state index in [1.54, 1.807) is 0 Å². The van der Waals surface area contributed by atoms with Crippen molar-refractivity contribution < 1.29 is 14.2 Å². The van der Waals surface area contributed by atoms with Gasteiger partial charge in [0.25, 0.3) is 0 Å². The van der Waals surface area contributed by atoms with Crippen LogP contribution in [-0.4, -0.2) is 58.1 Å². The van der Waals surface area contributed by atoms with E-state index in [2.05, 4.69) is 41.6 Å². The molecule has 1 aliphatic heterocycles. The highest BCUT2D eigenvalue weighted by molar-refractivity contribution is 5.79. The predicted molar refractivity (Wildman–Crippen MR) is 114 cm³/mol. The van der Waals surface area contributed by atoms with Crippen molar-refractivity contribution in [3.05, 3.63) is 29.8 Å². The Labute approximate surface area is 170 Å². The van der Waals surface area contributed by atoms with Gasteiger partial charge in [0.05, 0.1) is 6.54 Å². The molecule has 1 fully saturated rings. The summed E-state index contributed by atoms with van der Waals surface area (Å²) in [5.74, 6) is 2.37. The molecule has 1 unspecified atom stereocenters. The van der Waals surface area contributed by atoms with Gasteiger partial charge in [-0.25, -0.2) is 4.99 Å². The molecule has 1 aliphatic rings. The average molecular weight is 392 g/mol. The first-order valence-electron chi connectivity index (χ1n) is 10.6. The molecule has 158 valence electrons. The van der Waals surface area contributed by atoms with Crippen LogP contribution in [0.1, 0.15) is 38.7 Å². The molecule has 28 heavy (non-hydrogen) atoms. The van der Waals surface area contributed by atoms with E-state index in [1.807, 2.05) is 19.1 Å². The van der Waals surface area contributed by atoms with Crippen molar-refractivity contribution in [1.29, 1.82) is 0 Å². The first-order chi connectivity index (χ1) is 13.7. The lowest BCUT2D eigenvalue weighted by Gasteiger charge is -2.21. The molecule has 2 rings (SSSR count). The maximum atomic E-state index is 5.92. The summed E-state index contributed by atoms with van der Waals surface area (Å²) < 4.78 is 17.1. The van der Waals surface area contributed by atoms with Gasteiger partial charge >= 0.3 is 0 Å². The third kappa shape index (κ3) is 9.42. The molecule has 2 N–H and O–H groups in total. The summed E-state index contributed by atoms with van der Waals surface area (Å²) in [5.41, 5.74) is 1.23. The van der Waals surface area contributed by atoms with Gasteiger partial charge in [0.1, 0.15) is 11.9 Å². The lowest BCUT2D eigenvalue weighted by atomic mass is 10.0. The molecule has 0 aromatic heterocycles. The van der Waals surface area contributed by atoms with Crippen molar-refractivity contribution >= 4 is 5.96 Å². The Morgan fingerprint density at radius 3 is 2.68 bits per heavy atom. The van der Waals surface area contributed by atoms with Crippen molar-refractivity contribution in [2.24, 2.45) is 10.9 Å². The predicted octanol–water partition coefficient (Wildman–Crippen LogP) is 3.15. The fraction of sp³-hybridized carbons (Fsp3) is 0.682. The maximum absolute atomic E-state index is 5.92. The number of rotatable bonds is 11. The van der Waals surface area contributed by atoms with Crippen molar-refractivity contribution in [1.82, 2.24) is 10.6 Å². The van der Waals surface area contributed by atoms with E-state index >= 15 is 0 Å². The fourth-order valence-corrected chi connectivity index (χ4v) is 2.99. The summed E-state index contributed by atoms with van der Waals surface area (Å²) in [7, 11) is 0. The van der Waals surface area contributed by atoms with Crippen LogP contribution >= 0.6 is 0 Å². The van der Waals surface area contributed by atoms with E-state index in [0.29, 0.717) is 12.5 Å². The molecular formula is C22H37N3O3. The minimum absolute atomic E-state index is 0.0148. The first kappa shape index (κ1) is 22.5. The largest absolute Gasteiger partial charge is 0.489 e. The number of hydrogen-bond donors (Lipinski definition) is 2. The van der Waals surface area contributed by atoms with Gasteiger partial charge in [-0.1, -0.05) is 17.7 Å². The van der Waals surface area contributed by atoms with E-state index in [0.717, 1.165) is 70.5 Å². The lowest BCUT2D eigenvalue weighted by Crippen LogP contribution is -2.38. The van der Waals surface area contributed by atoms with Gasteiger partial charge in [-0.2, -0.15) is 0 Å². The third-order valence-corrected chi connectivity index (χ3v) is 4.66. The summed E-state index contributed by atoms with van der Waals surface area (Å²) in [6.45, 7) is 11.8. The average Bonchev–Trinajstić information content (AvgIpc) is 2.71. The van der Waals surface area contributed by atoms with Crippen molar-refractivity contribution in [2.45, 2.75) is 46.1 Å². The number of hydrogen-bond acceptors (Lipinski definition) is 4. The molecule has 6 nitrogen and oxygen atoms in total. The lowest BCUT2D eigenvalue weighted by molar-refractivity contribution is 0.0203. The Balaban J connectivity index is 1.61. The number of nitrogens with zero attached hydrogens (tertiary/aromatic N) is 1. The van der Waals surface area contributed by atoms with Crippen LogP contribution in [0.25, 0.3) is 0 Å². The summed E-state index contributed by atoms with van der Waals surface area (Å²) in [6.07, 6.45) is 3.22. The molecule has 1 aromatic carbocycles. The van der Waals surface area contributed by atoms with Crippen LogP contribution in [0.15, 0.2) is 29.3 Å². The maximum Gasteiger partial charge on any atom is 0.191 e. The molecule has 1 aromatic rings. The van der Waals surface area contributed by atoms with Gasteiger partial charge in [-0.3, -0.25) is 0 Å². The van der Waals surface area contributed by atoms with Crippen LogP contribution in [0.5, 0.6) is 5.75 Å². The number of nitrogens with one attached hydrogen (secondary N) is 2. The molecule has 6 heteroatoms. The van der Waals surface area contributed by atoms with Crippen molar-refractivity contribution in [3.63, 3.8) is 0 Å². The minimum atomic E-state index is 0.0148. The Kier molecular flexibility index (Phi) is 10.8. The van der Waals surface area contributed by atoms with Gasteiger partial charge in [0, 0.05) is 39.5 Å². The number of guanidine groups is 1. The second-order valence-corrected chi connectivity index (χ2v) is 7.37. The second kappa shape index (κ2) is 13.4. The molecule has 1 atom stereocenters. The SMILES string of the molecule is CCNC(=NCC(C)Oc1ccc(C)cc1)NCCCOCC1CCOCC1. The van der Waals surface area contributed by atoms with Crippen LogP contribution in [0, 0.1) is 12.8 Å². The third-order valence-electron chi connectivity index (χ3n) is 4.66. The van der Waals surface area contributed by atoms with E-state index in [-0.39, 0.29) is 6.10 Å². The van der Waals surface area contributed by atoms with Crippen LogP contribution < -0.4 is 15.4 Å². The molecule has 0 bridgehead atoms. The van der Waals surface area contributed by atoms with Crippen LogP contribution in [0.4, 0.5) is 0 Å². The number of benzene rings is 1. The highest BCUT2D eigenvalue weighted by Gasteiger charge is 2.13. The van der Waals surface area contributed by atoms with Gasteiger partial charge < -0.3 is 24.8 Å². The zero-order valence-electron chi connectivity index (χ0n) is 17.7. The summed E-state index contributed by atoms with van der Waals surface area (Å²) in [5, 5.41) is 6.65. The summed E-state index contributed by atoms with van der Waals surface area (Å²) in [6, 6.07) is 8.11.